The maximum Gasteiger partial charge on any atom is 0.274 e. The van der Waals surface area contributed by atoms with Crippen LogP contribution in [0.1, 0.15) is 156 Å². The molecule has 11 aromatic rings. The number of aryl methyl sites for hydroxylation is 5. The summed E-state index contributed by atoms with van der Waals surface area (Å²) in [6.07, 6.45) is 10.4. The van der Waals surface area contributed by atoms with E-state index in [2.05, 4.69) is 25.5 Å². The van der Waals surface area contributed by atoms with Gasteiger partial charge in [0.25, 0.3) is 47.3 Å². The third kappa shape index (κ3) is 22.4. The van der Waals surface area contributed by atoms with Crippen molar-refractivity contribution in [1.82, 2.24) is 70.7 Å². The third-order valence-electron chi connectivity index (χ3n) is 23.1. The summed E-state index contributed by atoms with van der Waals surface area (Å²) in [5, 5.41) is 50.5. The minimum atomic E-state index is -0.770. The molecule has 0 saturated carbocycles. The number of rotatable bonds is 18. The Morgan fingerprint density at radius 1 is 0.431 bits per heavy atom. The van der Waals surface area contributed by atoms with E-state index >= 15 is 0 Å². The molecule has 0 radical (unpaired) electrons. The molecule has 0 aliphatic carbocycles. The number of nitrogens with zero attached hydrogens (tertiary/aromatic N) is 10. The van der Waals surface area contributed by atoms with Crippen LogP contribution in [0.2, 0.25) is 5.02 Å². The van der Waals surface area contributed by atoms with Crippen molar-refractivity contribution in [2.75, 3.05) is 82.7 Å². The number of fused-ring (bicyclic) bond motifs is 5. The summed E-state index contributed by atoms with van der Waals surface area (Å²) >= 11 is 6.30. The van der Waals surface area contributed by atoms with Crippen LogP contribution in [0.3, 0.4) is 0 Å². The Kier molecular flexibility index (Phi) is 31.6. The highest BCUT2D eigenvalue weighted by Gasteiger charge is 2.33. The number of benzene rings is 7. The van der Waals surface area contributed by atoms with Crippen molar-refractivity contribution in [2.45, 2.75) is 85.1 Å². The third-order valence-corrected chi connectivity index (χ3v) is 23.4. The average molecular weight is 1800 g/mol. The number of hydroxylamine groups is 5. The molecule has 0 fully saturated rings. The first-order valence-electron chi connectivity index (χ1n) is 41.4. The summed E-state index contributed by atoms with van der Waals surface area (Å²) in [5.74, 6) is -1.81. The van der Waals surface area contributed by atoms with Gasteiger partial charge in [-0.25, -0.2) is 41.2 Å². The van der Waals surface area contributed by atoms with Crippen LogP contribution < -0.4 is 57.1 Å². The van der Waals surface area contributed by atoms with Gasteiger partial charge in [-0.05, 0) is 204 Å². The molecule has 5 aliphatic heterocycles. The lowest BCUT2D eigenvalue weighted by atomic mass is 9.96. The zero-order valence-electron chi connectivity index (χ0n) is 72.6. The first-order valence-corrected chi connectivity index (χ1v) is 41.8. The van der Waals surface area contributed by atoms with Crippen molar-refractivity contribution >= 4 is 82.2 Å². The smallest absolute Gasteiger partial charge is 0.274 e. The first kappa shape index (κ1) is 94.7. The van der Waals surface area contributed by atoms with E-state index in [9.17, 15) is 51.9 Å². The van der Waals surface area contributed by atoms with Gasteiger partial charge < -0.3 is 58.1 Å². The minimum Gasteiger partial charge on any atom is -0.494 e. The number of halogens is 3. The number of carbonyl (C=O) groups is 9. The highest BCUT2D eigenvalue weighted by molar-refractivity contribution is 6.32. The molecule has 7 aromatic carbocycles. The van der Waals surface area contributed by atoms with E-state index < -0.39 is 41.2 Å². The van der Waals surface area contributed by atoms with E-state index in [0.29, 0.717) is 171 Å². The zero-order valence-corrected chi connectivity index (χ0v) is 73.4. The van der Waals surface area contributed by atoms with Gasteiger partial charge in [0.1, 0.15) is 51.8 Å². The second-order valence-electron chi connectivity index (χ2n) is 31.3. The lowest BCUT2D eigenvalue weighted by Gasteiger charge is -2.30. The quantitative estimate of drug-likeness (QED) is 0.0280. The van der Waals surface area contributed by atoms with Gasteiger partial charge in [0.2, 0.25) is 11.9 Å². The standard InChI is InChI=1S/C22H22FN5O2.C20H23N3O3.C17H18ClN3O4.C17H18FN3O4.C17H19N3O4/c23-19-13-17(21(29)27-30)12-16-7-10-28(11-8-18(16)19)22-24-9-6-20(26-22)25-14-15-4-2-1-3-5-15;1-13-4-3-5-14(2)19(13)21-18(24)12-23-9-8-15-10-16(20(25)22-26)6-7-17(15)11-23;2*1-20-5-4-14(25-2)15(20)17(23)21-6-3-10-7-11(16(22)19-24)8-13(18)12(10)9-21;1-19-7-6-14(24-2)15(19)17(22)20-8-5-11-9-12(16(21)18-23)3-4-13(11)10-20/h1-6,9,12-13,30H,7-8,10-11,14H2,(H,27,29)(H,24,25,26);3-7,10,26H,8-9,11-12H2,1-2H3,(H,21,24)(H,22,25);2*4-5,7-8,24H,3,6,9H2,1-2H3,(H,19,22);3-4,6-7,9,23H,5,8,10H2,1-2H3,(H,18,21). The fourth-order valence-electron chi connectivity index (χ4n) is 16.1. The largest absolute Gasteiger partial charge is 0.494 e. The van der Waals surface area contributed by atoms with Crippen molar-refractivity contribution in [3.8, 4) is 17.2 Å². The molecule has 37 heteroatoms. The SMILES string of the molecule is COc1ccn(C)c1C(=O)N1CCc2cc(C(=O)NO)cc(Cl)c2C1.COc1ccn(C)c1C(=O)N1CCc2cc(C(=O)NO)cc(F)c2C1.COc1ccn(C)c1C(=O)N1CCc2cc(C(=O)NO)ccc2C1.Cc1cccc(C)c1NC(=O)CN1CCc2cc(C(=O)NO)ccc2C1.O=C(NO)c1cc(F)c2c(c1)CCN(c1nccc(NCc3ccccc3)n1)CC2. The summed E-state index contributed by atoms with van der Waals surface area (Å²) < 4.78 is 49.8. The second-order valence-corrected chi connectivity index (χ2v) is 31.7. The molecule has 4 aromatic heterocycles. The maximum absolute atomic E-state index is 14.5. The Morgan fingerprint density at radius 2 is 0.846 bits per heavy atom. The van der Waals surface area contributed by atoms with Crippen LogP contribution >= 0.6 is 11.6 Å². The number of nitrogens with one attached hydrogen (secondary N) is 7. The minimum absolute atomic E-state index is 0.0258. The van der Waals surface area contributed by atoms with E-state index in [-0.39, 0.29) is 46.9 Å². The predicted octanol–water partition coefficient (Wildman–Crippen LogP) is 10.2. The van der Waals surface area contributed by atoms with Gasteiger partial charge >= 0.3 is 0 Å². The predicted molar refractivity (Wildman–Crippen MR) is 474 cm³/mol. The fourth-order valence-corrected chi connectivity index (χ4v) is 16.4. The molecule has 0 spiro atoms. The first-order chi connectivity index (χ1) is 62.6. The monoisotopic (exact) mass is 1800 g/mol. The van der Waals surface area contributed by atoms with Crippen LogP contribution in [0.25, 0.3) is 0 Å². The van der Waals surface area contributed by atoms with E-state index in [4.69, 9.17) is 51.8 Å². The summed E-state index contributed by atoms with van der Waals surface area (Å²) in [6.45, 7) is 9.91. The summed E-state index contributed by atoms with van der Waals surface area (Å²) in [5.41, 5.74) is 23.0. The lowest BCUT2D eigenvalue weighted by molar-refractivity contribution is -0.117. The molecular formula is C93H100ClF2N17O17. The van der Waals surface area contributed by atoms with Crippen molar-refractivity contribution in [3.05, 3.63) is 304 Å². The average Bonchev–Trinajstić information content (AvgIpc) is 1.22. The van der Waals surface area contributed by atoms with Gasteiger partial charge in [0, 0.05) is 162 Å². The molecule has 130 heavy (non-hydrogen) atoms. The Labute approximate surface area is 751 Å². The number of anilines is 3. The summed E-state index contributed by atoms with van der Waals surface area (Å²) in [4.78, 5) is 127. The van der Waals surface area contributed by atoms with E-state index in [0.717, 1.165) is 92.2 Å². The van der Waals surface area contributed by atoms with Gasteiger partial charge in [-0.3, -0.25) is 74.1 Å². The molecule has 680 valence electrons. The Morgan fingerprint density at radius 3 is 1.35 bits per heavy atom. The number of hydrogen-bond acceptors (Lipinski definition) is 22. The van der Waals surface area contributed by atoms with Crippen LogP contribution in [0.5, 0.6) is 17.2 Å². The Balaban J connectivity index is 0.000000147. The summed E-state index contributed by atoms with van der Waals surface area (Å²) in [7, 11) is 9.92. The van der Waals surface area contributed by atoms with Crippen LogP contribution in [-0.2, 0) is 97.2 Å². The Bertz CT molecular complexity index is 5900. The number of aromatic nitrogens is 5. The van der Waals surface area contributed by atoms with Crippen molar-refractivity contribution < 1.29 is 92.2 Å². The number of amides is 9. The number of ether oxygens (including phenoxy) is 3. The highest BCUT2D eigenvalue weighted by atomic mass is 35.5. The molecular weight excluding hydrogens is 1700 g/mol. The number of carbonyl (C=O) groups excluding carboxylic acids is 9. The molecule has 0 saturated heterocycles. The number of para-hydroxylation sites is 1. The van der Waals surface area contributed by atoms with Gasteiger partial charge in [0.15, 0.2) is 0 Å². The van der Waals surface area contributed by atoms with Gasteiger partial charge in [-0.2, -0.15) is 4.98 Å². The molecule has 0 atom stereocenters. The van der Waals surface area contributed by atoms with Gasteiger partial charge in [-0.15, -0.1) is 0 Å². The van der Waals surface area contributed by atoms with Crippen LogP contribution in [0.15, 0.2) is 170 Å². The fraction of sp³-hybridized carbons (Fsp3) is 0.280. The molecule has 16 rings (SSSR count). The number of methoxy groups -OCH3 is 3. The normalized spacial score (nSPS) is 13.4. The zero-order chi connectivity index (χ0) is 93.1. The van der Waals surface area contributed by atoms with Crippen LogP contribution in [0, 0.1) is 25.5 Å². The van der Waals surface area contributed by atoms with Crippen molar-refractivity contribution in [3.63, 3.8) is 0 Å². The lowest BCUT2D eigenvalue weighted by Crippen LogP contribution is -2.37. The molecule has 0 unspecified atom stereocenters. The molecule has 0 bridgehead atoms. The van der Waals surface area contributed by atoms with E-state index in [1.54, 1.807) is 151 Å². The van der Waals surface area contributed by atoms with Crippen LogP contribution in [0.4, 0.5) is 26.2 Å². The van der Waals surface area contributed by atoms with Gasteiger partial charge in [0.05, 0.1) is 27.9 Å². The molecule has 5 aliphatic rings. The van der Waals surface area contributed by atoms with Crippen LogP contribution in [-0.4, -0.2) is 190 Å². The topological polar surface area (TPSA) is 423 Å². The molecule has 34 nitrogen and oxygen atoms in total. The highest BCUT2D eigenvalue weighted by Crippen LogP contribution is 2.34. The maximum atomic E-state index is 14.5. The summed E-state index contributed by atoms with van der Waals surface area (Å²) in [6, 6.07) is 42.2. The van der Waals surface area contributed by atoms with E-state index in [1.165, 1.54) is 31.8 Å². The molecule has 9 heterocycles. The Hall–Kier alpha value is -14.4. The molecule has 9 amide bonds. The van der Waals surface area contributed by atoms with E-state index in [1.807, 2.05) is 92.5 Å². The second kappa shape index (κ2) is 43.4. The van der Waals surface area contributed by atoms with Crippen molar-refractivity contribution in [1.29, 1.82) is 0 Å². The van der Waals surface area contributed by atoms with Crippen molar-refractivity contribution in [2.24, 2.45) is 21.1 Å². The molecule has 12 N–H and O–H groups in total. The number of hydrogen-bond donors (Lipinski definition) is 12. The van der Waals surface area contributed by atoms with Gasteiger partial charge in [-0.1, -0.05) is 72.3 Å².